The molecule has 0 heterocycles. The number of anilines is 1. The summed E-state index contributed by atoms with van der Waals surface area (Å²) in [6, 6.07) is 20.6. The maximum atomic E-state index is 12.8. The molecule has 7 heteroatoms. The first-order valence-corrected chi connectivity index (χ1v) is 10.7. The highest BCUT2D eigenvalue weighted by Crippen LogP contribution is 2.23. The second kappa shape index (κ2) is 11.6. The van der Waals surface area contributed by atoms with Crippen molar-refractivity contribution in [2.45, 2.75) is 25.3 Å². The Morgan fingerprint density at radius 3 is 2.36 bits per heavy atom. The number of nitrogen functional groups attached to an aromatic ring is 1. The number of benzene rings is 3. The SMILES string of the molecule is COC(=O)[C@H](CCc1ccccc1)NC(=O)c1ccc(N)c(OCCc2ccc(O)cc2)c1. The summed E-state index contributed by atoms with van der Waals surface area (Å²) in [5.74, 6) is -0.320. The zero-order valence-corrected chi connectivity index (χ0v) is 18.5. The first kappa shape index (κ1) is 23.7. The fourth-order valence-corrected chi connectivity index (χ4v) is 3.33. The molecule has 4 N–H and O–H groups in total. The van der Waals surface area contributed by atoms with Gasteiger partial charge in [-0.25, -0.2) is 4.79 Å². The molecule has 7 nitrogen and oxygen atoms in total. The Labute approximate surface area is 193 Å². The molecule has 0 aliphatic heterocycles. The molecule has 172 valence electrons. The van der Waals surface area contributed by atoms with Gasteiger partial charge in [0.15, 0.2) is 0 Å². The largest absolute Gasteiger partial charge is 0.508 e. The van der Waals surface area contributed by atoms with Crippen LogP contribution in [-0.4, -0.2) is 36.7 Å². The van der Waals surface area contributed by atoms with Crippen molar-refractivity contribution in [3.63, 3.8) is 0 Å². The van der Waals surface area contributed by atoms with E-state index in [1.54, 1.807) is 30.3 Å². The van der Waals surface area contributed by atoms with Gasteiger partial charge in [0.05, 0.1) is 19.4 Å². The van der Waals surface area contributed by atoms with Crippen LogP contribution in [0.1, 0.15) is 27.9 Å². The molecule has 0 aromatic heterocycles. The van der Waals surface area contributed by atoms with Crippen molar-refractivity contribution in [2.75, 3.05) is 19.5 Å². The third-order valence-corrected chi connectivity index (χ3v) is 5.22. The molecule has 0 aliphatic rings. The number of aromatic hydroxyl groups is 1. The van der Waals surface area contributed by atoms with E-state index in [0.29, 0.717) is 42.9 Å². The highest BCUT2D eigenvalue weighted by molar-refractivity contribution is 5.97. The number of rotatable bonds is 10. The average molecular weight is 449 g/mol. The van der Waals surface area contributed by atoms with Crippen LogP contribution in [0.3, 0.4) is 0 Å². The smallest absolute Gasteiger partial charge is 0.328 e. The zero-order valence-electron chi connectivity index (χ0n) is 18.5. The molecule has 0 bridgehead atoms. The number of carbonyl (C=O) groups excluding carboxylic acids is 2. The molecule has 0 spiro atoms. The molecule has 0 fully saturated rings. The first-order chi connectivity index (χ1) is 16.0. The maximum absolute atomic E-state index is 12.8. The molecule has 0 aliphatic carbocycles. The second-order valence-corrected chi connectivity index (χ2v) is 7.59. The van der Waals surface area contributed by atoms with E-state index >= 15 is 0 Å². The molecule has 3 rings (SSSR count). The lowest BCUT2D eigenvalue weighted by Gasteiger charge is -2.17. The lowest BCUT2D eigenvalue weighted by atomic mass is 10.0. The molecule has 3 aromatic rings. The molecular formula is C26H28N2O5. The van der Waals surface area contributed by atoms with Crippen LogP contribution >= 0.6 is 0 Å². The number of ether oxygens (including phenoxy) is 2. The molecule has 33 heavy (non-hydrogen) atoms. The van der Waals surface area contributed by atoms with E-state index in [1.165, 1.54) is 7.11 Å². The summed E-state index contributed by atoms with van der Waals surface area (Å²) in [4.78, 5) is 25.1. The first-order valence-electron chi connectivity index (χ1n) is 10.7. The van der Waals surface area contributed by atoms with Gasteiger partial charge in [0.25, 0.3) is 5.91 Å². The zero-order chi connectivity index (χ0) is 23.6. The third kappa shape index (κ3) is 7.00. The number of esters is 1. The van der Waals surface area contributed by atoms with Crippen LogP contribution in [0.5, 0.6) is 11.5 Å². The molecule has 3 aromatic carbocycles. The van der Waals surface area contributed by atoms with E-state index in [-0.39, 0.29) is 5.75 Å². The van der Waals surface area contributed by atoms with Gasteiger partial charge in [-0.1, -0.05) is 42.5 Å². The van der Waals surface area contributed by atoms with Gasteiger partial charge in [0, 0.05) is 12.0 Å². The number of nitrogens with two attached hydrogens (primary N) is 1. The number of hydrogen-bond acceptors (Lipinski definition) is 6. The lowest BCUT2D eigenvalue weighted by Crippen LogP contribution is -2.41. The highest BCUT2D eigenvalue weighted by atomic mass is 16.5. The van der Waals surface area contributed by atoms with Crippen molar-refractivity contribution >= 4 is 17.6 Å². The Kier molecular flexibility index (Phi) is 8.30. The van der Waals surface area contributed by atoms with Crippen LogP contribution in [-0.2, 0) is 22.4 Å². The minimum Gasteiger partial charge on any atom is -0.508 e. The molecule has 0 saturated heterocycles. The summed E-state index contributed by atoms with van der Waals surface area (Å²) in [6.07, 6.45) is 1.64. The summed E-state index contributed by atoms with van der Waals surface area (Å²) in [5, 5.41) is 12.1. The van der Waals surface area contributed by atoms with Crippen LogP contribution < -0.4 is 15.8 Å². The van der Waals surface area contributed by atoms with Crippen LogP contribution in [0, 0.1) is 0 Å². The minimum atomic E-state index is -0.779. The molecule has 0 radical (unpaired) electrons. The van der Waals surface area contributed by atoms with Gasteiger partial charge >= 0.3 is 5.97 Å². The number of hydrogen-bond donors (Lipinski definition) is 3. The number of phenolic OH excluding ortho intramolecular Hbond substituents is 1. The fourth-order valence-electron chi connectivity index (χ4n) is 3.33. The number of methoxy groups -OCH3 is 1. The molecule has 0 saturated carbocycles. The van der Waals surface area contributed by atoms with Crippen molar-refractivity contribution in [2.24, 2.45) is 0 Å². The van der Waals surface area contributed by atoms with Crippen molar-refractivity contribution in [1.29, 1.82) is 0 Å². The number of amides is 1. The summed E-state index contributed by atoms with van der Waals surface area (Å²) >= 11 is 0. The number of carbonyl (C=O) groups is 2. The normalized spacial score (nSPS) is 11.4. The van der Waals surface area contributed by atoms with Crippen molar-refractivity contribution in [3.8, 4) is 11.5 Å². The summed E-state index contributed by atoms with van der Waals surface area (Å²) in [7, 11) is 1.30. The van der Waals surface area contributed by atoms with E-state index in [1.807, 2.05) is 42.5 Å². The van der Waals surface area contributed by atoms with Crippen molar-refractivity contribution in [1.82, 2.24) is 5.32 Å². The van der Waals surface area contributed by atoms with Gasteiger partial charge < -0.3 is 25.6 Å². The van der Waals surface area contributed by atoms with Crippen molar-refractivity contribution < 1.29 is 24.2 Å². The van der Waals surface area contributed by atoms with Crippen LogP contribution in [0.4, 0.5) is 5.69 Å². The number of nitrogens with one attached hydrogen (secondary N) is 1. The average Bonchev–Trinajstić information content (AvgIpc) is 2.84. The highest BCUT2D eigenvalue weighted by Gasteiger charge is 2.22. The predicted octanol–water partition coefficient (Wildman–Crippen LogP) is 3.50. The quantitative estimate of drug-likeness (QED) is 0.323. The van der Waals surface area contributed by atoms with E-state index in [0.717, 1.165) is 11.1 Å². The topological polar surface area (TPSA) is 111 Å². The monoisotopic (exact) mass is 448 g/mol. The van der Waals surface area contributed by atoms with Gasteiger partial charge in [0.2, 0.25) is 0 Å². The Morgan fingerprint density at radius 1 is 0.970 bits per heavy atom. The maximum Gasteiger partial charge on any atom is 0.328 e. The van der Waals surface area contributed by atoms with Gasteiger partial charge in [-0.15, -0.1) is 0 Å². The second-order valence-electron chi connectivity index (χ2n) is 7.59. The Hall–Kier alpha value is -4.00. The van der Waals surface area contributed by atoms with Gasteiger partial charge in [-0.05, 0) is 54.3 Å². The molecule has 1 atom stereocenters. The fraction of sp³-hybridized carbons (Fsp3) is 0.231. The van der Waals surface area contributed by atoms with Gasteiger partial charge in [-0.3, -0.25) is 4.79 Å². The predicted molar refractivity (Wildman–Crippen MR) is 126 cm³/mol. The van der Waals surface area contributed by atoms with E-state index in [4.69, 9.17) is 15.2 Å². The van der Waals surface area contributed by atoms with Crippen molar-refractivity contribution in [3.05, 3.63) is 89.5 Å². The van der Waals surface area contributed by atoms with E-state index in [9.17, 15) is 14.7 Å². The van der Waals surface area contributed by atoms with E-state index in [2.05, 4.69) is 5.32 Å². The minimum absolute atomic E-state index is 0.205. The van der Waals surface area contributed by atoms with Gasteiger partial charge in [0.1, 0.15) is 17.5 Å². The number of phenols is 1. The van der Waals surface area contributed by atoms with Crippen LogP contribution in [0.25, 0.3) is 0 Å². The Balaban J connectivity index is 1.62. The van der Waals surface area contributed by atoms with Crippen LogP contribution in [0.15, 0.2) is 72.8 Å². The molecular weight excluding hydrogens is 420 g/mol. The lowest BCUT2D eigenvalue weighted by molar-refractivity contribution is -0.143. The standard InChI is InChI=1S/C26H28N2O5/c1-32-26(31)23(14-9-18-5-3-2-4-6-18)28-25(30)20-10-13-22(27)24(17-20)33-16-15-19-7-11-21(29)12-8-19/h2-8,10-13,17,23,29H,9,14-16,27H2,1H3,(H,28,30)/t23-/m0/s1. The van der Waals surface area contributed by atoms with Crippen LogP contribution in [0.2, 0.25) is 0 Å². The Bertz CT molecular complexity index is 1070. The summed E-state index contributed by atoms with van der Waals surface area (Å²) in [6.45, 7) is 0.349. The Morgan fingerprint density at radius 2 is 1.67 bits per heavy atom. The van der Waals surface area contributed by atoms with Gasteiger partial charge in [-0.2, -0.15) is 0 Å². The van der Waals surface area contributed by atoms with E-state index < -0.39 is 17.9 Å². The molecule has 0 unspecified atom stereocenters. The molecule has 1 amide bonds. The summed E-state index contributed by atoms with van der Waals surface area (Å²) in [5.41, 5.74) is 8.81. The number of aryl methyl sites for hydroxylation is 1. The third-order valence-electron chi connectivity index (χ3n) is 5.22. The summed E-state index contributed by atoms with van der Waals surface area (Å²) < 4.78 is 10.7.